The summed E-state index contributed by atoms with van der Waals surface area (Å²) in [6.07, 6.45) is -0.0464. The van der Waals surface area contributed by atoms with Gasteiger partial charge in [0.05, 0.1) is 23.0 Å². The van der Waals surface area contributed by atoms with Gasteiger partial charge in [0, 0.05) is 30.5 Å². The number of carbonyl (C=O) groups excluding carboxylic acids is 1. The first kappa shape index (κ1) is 13.9. The van der Waals surface area contributed by atoms with Crippen LogP contribution in [0.5, 0.6) is 0 Å². The molecule has 1 aliphatic carbocycles. The number of hydrogen-bond acceptors (Lipinski definition) is 5. The number of ether oxygens (including phenoxy) is 1. The van der Waals surface area contributed by atoms with E-state index >= 15 is 0 Å². The predicted octanol–water partition coefficient (Wildman–Crippen LogP) is 1.70. The fraction of sp³-hybridized carbons (Fsp3) is 0.533. The quantitative estimate of drug-likeness (QED) is 0.908. The lowest BCUT2D eigenvalue weighted by Crippen LogP contribution is -2.66. The van der Waals surface area contributed by atoms with Crippen molar-refractivity contribution in [1.29, 1.82) is 0 Å². The molecule has 3 unspecified atom stereocenters. The molecule has 122 valence electrons. The lowest BCUT2D eigenvalue weighted by molar-refractivity contribution is 0.145. The number of halogens is 2. The summed E-state index contributed by atoms with van der Waals surface area (Å²) in [5, 5.41) is 0. The van der Waals surface area contributed by atoms with Gasteiger partial charge in [-0.2, -0.15) is 0 Å². The fourth-order valence-electron chi connectivity index (χ4n) is 4.03. The number of benzene rings is 1. The molecule has 5 rings (SSSR count). The molecule has 0 radical (unpaired) electrons. The van der Waals surface area contributed by atoms with Crippen LogP contribution in [0.15, 0.2) is 12.1 Å². The first-order valence-corrected chi connectivity index (χ1v) is 8.63. The first-order chi connectivity index (χ1) is 11.0. The molecule has 8 heteroatoms. The molecule has 3 aliphatic heterocycles. The molecule has 5 nitrogen and oxygen atoms in total. The van der Waals surface area contributed by atoms with Crippen molar-refractivity contribution < 1.29 is 18.3 Å². The summed E-state index contributed by atoms with van der Waals surface area (Å²) in [5.74, 6) is -0.323. The molecule has 0 aromatic heterocycles. The Hall–Kier alpha value is -1.54. The van der Waals surface area contributed by atoms with Gasteiger partial charge >= 0.3 is 6.09 Å². The number of amides is 1. The third kappa shape index (κ3) is 1.63. The fourth-order valence-corrected chi connectivity index (χ4v) is 5.63. The first-order valence-electron chi connectivity index (χ1n) is 7.65. The van der Waals surface area contributed by atoms with Crippen LogP contribution < -0.4 is 15.5 Å². The second-order valence-corrected chi connectivity index (χ2v) is 7.90. The highest BCUT2D eigenvalue weighted by molar-refractivity contribution is 8.02. The van der Waals surface area contributed by atoms with Crippen molar-refractivity contribution >= 4 is 29.2 Å². The van der Waals surface area contributed by atoms with Gasteiger partial charge in [0.25, 0.3) is 0 Å². The standard InChI is InChI=1S/C15H15F2N3O2S/c16-9-1-7(19-5-8(4-18)22-14(19)21)2-10(17)13(9)20-11-3-15(11)12(20)6-23-15/h1-2,8,11-12H,3-6,18H2/t8-,11?,12?,15?/m0/s1. The van der Waals surface area contributed by atoms with E-state index in [1.807, 2.05) is 16.7 Å². The van der Waals surface area contributed by atoms with E-state index in [0.717, 1.165) is 12.2 Å². The summed E-state index contributed by atoms with van der Waals surface area (Å²) in [7, 11) is 0. The minimum Gasteiger partial charge on any atom is -0.443 e. The van der Waals surface area contributed by atoms with Crippen LogP contribution in [0, 0.1) is 11.6 Å². The molecule has 1 saturated carbocycles. The van der Waals surface area contributed by atoms with Gasteiger partial charge in [0.2, 0.25) is 0 Å². The maximum Gasteiger partial charge on any atom is 0.414 e. The van der Waals surface area contributed by atoms with Gasteiger partial charge in [-0.25, -0.2) is 13.6 Å². The lowest BCUT2D eigenvalue weighted by Gasteiger charge is -2.55. The van der Waals surface area contributed by atoms with Crippen LogP contribution in [-0.2, 0) is 4.74 Å². The molecule has 1 aromatic carbocycles. The van der Waals surface area contributed by atoms with Crippen molar-refractivity contribution in [3.05, 3.63) is 23.8 Å². The predicted molar refractivity (Wildman–Crippen MR) is 82.9 cm³/mol. The molecule has 1 aromatic rings. The van der Waals surface area contributed by atoms with Crippen LogP contribution in [0.4, 0.5) is 25.0 Å². The number of anilines is 2. The molecule has 0 bridgehead atoms. The SMILES string of the molecule is NC[C@H]1CN(c2cc(F)c(N3C4CSC45CC35)c(F)c2)C(=O)O1. The molecule has 4 atom stereocenters. The van der Waals surface area contributed by atoms with E-state index in [4.69, 9.17) is 10.5 Å². The van der Waals surface area contributed by atoms with Gasteiger partial charge in [-0.15, -0.1) is 11.8 Å². The van der Waals surface area contributed by atoms with Crippen molar-refractivity contribution in [3.63, 3.8) is 0 Å². The Morgan fingerprint density at radius 1 is 1.35 bits per heavy atom. The Bertz CT molecular complexity index is 710. The zero-order valence-corrected chi connectivity index (χ0v) is 13.0. The maximum absolute atomic E-state index is 14.6. The van der Waals surface area contributed by atoms with E-state index in [1.54, 1.807) is 0 Å². The van der Waals surface area contributed by atoms with E-state index in [-0.39, 0.29) is 41.3 Å². The largest absolute Gasteiger partial charge is 0.443 e. The zero-order chi connectivity index (χ0) is 15.9. The Morgan fingerprint density at radius 3 is 2.57 bits per heavy atom. The van der Waals surface area contributed by atoms with Gasteiger partial charge in [-0.3, -0.25) is 4.90 Å². The van der Waals surface area contributed by atoms with E-state index < -0.39 is 23.8 Å². The van der Waals surface area contributed by atoms with Crippen LogP contribution in [0.2, 0.25) is 0 Å². The van der Waals surface area contributed by atoms with Crippen molar-refractivity contribution in [2.45, 2.75) is 29.4 Å². The molecule has 4 fully saturated rings. The molecule has 23 heavy (non-hydrogen) atoms. The topological polar surface area (TPSA) is 58.8 Å². The van der Waals surface area contributed by atoms with Crippen LogP contribution in [0.3, 0.4) is 0 Å². The minimum absolute atomic E-state index is 0.0418. The number of carbonyl (C=O) groups is 1. The summed E-state index contributed by atoms with van der Waals surface area (Å²) in [5.41, 5.74) is 5.70. The minimum atomic E-state index is -0.624. The maximum atomic E-state index is 14.6. The summed E-state index contributed by atoms with van der Waals surface area (Å²) >= 11 is 1.90. The average molecular weight is 339 g/mol. The Morgan fingerprint density at radius 2 is 2.09 bits per heavy atom. The summed E-state index contributed by atoms with van der Waals surface area (Å²) in [6, 6.07) is 2.95. The highest BCUT2D eigenvalue weighted by atomic mass is 32.2. The second kappa shape index (κ2) is 4.30. The van der Waals surface area contributed by atoms with Gasteiger partial charge in [-0.1, -0.05) is 0 Å². The van der Waals surface area contributed by atoms with Gasteiger partial charge in [-0.05, 0) is 6.42 Å². The number of nitrogens with zero attached hydrogens (tertiary/aromatic N) is 2. The number of cyclic esters (lactones) is 1. The molecular formula is C15H15F2N3O2S. The lowest BCUT2D eigenvalue weighted by atomic mass is 10.0. The molecule has 1 amide bonds. The van der Waals surface area contributed by atoms with Crippen LogP contribution in [-0.4, -0.2) is 47.9 Å². The Kier molecular flexibility index (Phi) is 2.59. The van der Waals surface area contributed by atoms with Crippen molar-refractivity contribution in [3.8, 4) is 0 Å². The monoisotopic (exact) mass is 339 g/mol. The smallest absolute Gasteiger partial charge is 0.414 e. The number of thioether (sulfide) groups is 1. The third-order valence-electron chi connectivity index (χ3n) is 5.37. The summed E-state index contributed by atoms with van der Waals surface area (Å²) in [6.45, 7) is 0.393. The highest BCUT2D eigenvalue weighted by Crippen LogP contribution is 2.72. The summed E-state index contributed by atoms with van der Waals surface area (Å²) in [4.78, 5) is 14.9. The van der Waals surface area contributed by atoms with E-state index in [0.29, 0.717) is 0 Å². The van der Waals surface area contributed by atoms with E-state index in [1.165, 1.54) is 17.0 Å². The van der Waals surface area contributed by atoms with Gasteiger partial charge < -0.3 is 15.4 Å². The van der Waals surface area contributed by atoms with Crippen molar-refractivity contribution in [2.75, 3.05) is 28.6 Å². The molecule has 1 spiro atoms. The molecule has 3 saturated heterocycles. The number of hydrogen-bond donors (Lipinski definition) is 1. The molecule has 3 heterocycles. The van der Waals surface area contributed by atoms with Crippen LogP contribution in [0.25, 0.3) is 0 Å². The summed E-state index contributed by atoms with van der Waals surface area (Å²) < 4.78 is 34.4. The molecule has 4 aliphatic rings. The molecular weight excluding hydrogens is 324 g/mol. The van der Waals surface area contributed by atoms with Crippen molar-refractivity contribution in [1.82, 2.24) is 0 Å². The zero-order valence-electron chi connectivity index (χ0n) is 12.2. The highest BCUT2D eigenvalue weighted by Gasteiger charge is 2.79. The Labute approximate surface area is 135 Å². The third-order valence-corrected chi connectivity index (χ3v) is 7.10. The van der Waals surface area contributed by atoms with E-state index in [2.05, 4.69) is 0 Å². The van der Waals surface area contributed by atoms with Gasteiger partial charge in [0.1, 0.15) is 11.8 Å². The number of nitrogens with two attached hydrogens (primary N) is 1. The van der Waals surface area contributed by atoms with Crippen LogP contribution >= 0.6 is 11.8 Å². The van der Waals surface area contributed by atoms with Gasteiger partial charge in [0.15, 0.2) is 11.6 Å². The van der Waals surface area contributed by atoms with Crippen molar-refractivity contribution in [2.24, 2.45) is 5.73 Å². The molecule has 2 N–H and O–H groups in total. The van der Waals surface area contributed by atoms with Crippen LogP contribution in [0.1, 0.15) is 6.42 Å². The Balaban J connectivity index is 1.46. The normalized spacial score (nSPS) is 36.8. The average Bonchev–Trinajstić information content (AvgIpc) is 3.12. The van der Waals surface area contributed by atoms with E-state index in [9.17, 15) is 13.6 Å². The number of rotatable bonds is 3. The second-order valence-electron chi connectivity index (χ2n) is 6.52.